The number of aromatic nitrogens is 2. The van der Waals surface area contributed by atoms with Crippen LogP contribution in [0.15, 0.2) is 28.7 Å². The zero-order chi connectivity index (χ0) is 15.7. The van der Waals surface area contributed by atoms with Gasteiger partial charge in [0, 0.05) is 24.6 Å². The number of sulfonamides is 1. The third kappa shape index (κ3) is 3.20. The van der Waals surface area contributed by atoms with Crippen LogP contribution in [0.5, 0.6) is 0 Å². The maximum Gasteiger partial charge on any atom is 0.247 e. The first-order chi connectivity index (χ1) is 10.4. The molecular weight excluding hydrogens is 302 g/mol. The maximum absolute atomic E-state index is 11.5. The van der Waals surface area contributed by atoms with Gasteiger partial charge in [0.15, 0.2) is 0 Å². The molecule has 1 aromatic heterocycles. The summed E-state index contributed by atoms with van der Waals surface area (Å²) in [7, 11) is -3.11. The van der Waals surface area contributed by atoms with Crippen molar-refractivity contribution in [2.45, 2.75) is 25.7 Å². The predicted molar refractivity (Wildman–Crippen MR) is 82.9 cm³/mol. The largest absolute Gasteiger partial charge is 0.420 e. The highest BCUT2D eigenvalue weighted by Crippen LogP contribution is 2.30. The minimum Gasteiger partial charge on any atom is -0.420 e. The predicted octanol–water partition coefficient (Wildman–Crippen LogP) is 2.18. The van der Waals surface area contributed by atoms with Gasteiger partial charge in [-0.15, -0.1) is 10.2 Å². The molecule has 0 N–H and O–H groups in total. The van der Waals surface area contributed by atoms with Crippen molar-refractivity contribution < 1.29 is 12.8 Å². The summed E-state index contributed by atoms with van der Waals surface area (Å²) in [5.41, 5.74) is 2.08. The number of aryl methyl sites for hydroxylation is 1. The molecule has 0 spiro atoms. The van der Waals surface area contributed by atoms with Gasteiger partial charge in [0.1, 0.15) is 0 Å². The third-order valence-electron chi connectivity index (χ3n) is 4.01. The number of benzene rings is 1. The summed E-state index contributed by atoms with van der Waals surface area (Å²) in [6.07, 6.45) is 2.67. The molecule has 0 unspecified atom stereocenters. The van der Waals surface area contributed by atoms with E-state index in [4.69, 9.17) is 4.42 Å². The van der Waals surface area contributed by atoms with E-state index in [-0.39, 0.29) is 5.92 Å². The van der Waals surface area contributed by atoms with Crippen molar-refractivity contribution in [3.63, 3.8) is 0 Å². The summed E-state index contributed by atoms with van der Waals surface area (Å²) < 4.78 is 30.3. The van der Waals surface area contributed by atoms with E-state index in [0.717, 1.165) is 5.56 Å². The van der Waals surface area contributed by atoms with Crippen molar-refractivity contribution in [2.75, 3.05) is 19.3 Å². The Balaban J connectivity index is 1.71. The Morgan fingerprint density at radius 1 is 1.14 bits per heavy atom. The van der Waals surface area contributed by atoms with Crippen LogP contribution in [0, 0.1) is 6.92 Å². The molecule has 2 aromatic rings. The van der Waals surface area contributed by atoms with E-state index >= 15 is 0 Å². The van der Waals surface area contributed by atoms with Crippen LogP contribution in [0.3, 0.4) is 0 Å². The number of nitrogens with zero attached hydrogens (tertiary/aromatic N) is 3. The molecule has 0 saturated carbocycles. The minimum atomic E-state index is -3.11. The minimum absolute atomic E-state index is 0.129. The summed E-state index contributed by atoms with van der Waals surface area (Å²) in [6.45, 7) is 3.04. The van der Waals surface area contributed by atoms with Crippen LogP contribution in [-0.4, -0.2) is 42.3 Å². The smallest absolute Gasteiger partial charge is 0.247 e. The van der Waals surface area contributed by atoms with Gasteiger partial charge in [-0.2, -0.15) is 0 Å². The first kappa shape index (κ1) is 15.2. The van der Waals surface area contributed by atoms with Gasteiger partial charge in [-0.25, -0.2) is 12.7 Å². The molecule has 3 rings (SSSR count). The van der Waals surface area contributed by atoms with Crippen molar-refractivity contribution in [2.24, 2.45) is 0 Å². The van der Waals surface area contributed by atoms with Crippen LogP contribution in [-0.2, 0) is 10.0 Å². The normalized spacial score (nSPS) is 17.7. The van der Waals surface area contributed by atoms with Crippen molar-refractivity contribution in [3.05, 3.63) is 35.7 Å². The molecule has 118 valence electrons. The van der Waals surface area contributed by atoms with E-state index < -0.39 is 10.0 Å². The Kier molecular flexibility index (Phi) is 4.01. The molecular formula is C15H19N3O3S. The molecule has 1 aromatic carbocycles. The van der Waals surface area contributed by atoms with Crippen LogP contribution >= 0.6 is 0 Å². The lowest BCUT2D eigenvalue weighted by Gasteiger charge is -2.28. The highest BCUT2D eigenvalue weighted by atomic mass is 32.2. The van der Waals surface area contributed by atoms with Crippen LogP contribution in [0.4, 0.5) is 0 Å². The third-order valence-corrected chi connectivity index (χ3v) is 5.31. The molecule has 0 radical (unpaired) electrons. The van der Waals surface area contributed by atoms with Gasteiger partial charge in [-0.3, -0.25) is 0 Å². The van der Waals surface area contributed by atoms with Gasteiger partial charge < -0.3 is 4.42 Å². The van der Waals surface area contributed by atoms with Gasteiger partial charge in [0.2, 0.25) is 21.8 Å². The van der Waals surface area contributed by atoms with Crippen LogP contribution in [0.2, 0.25) is 0 Å². The molecule has 1 fully saturated rings. The lowest BCUT2D eigenvalue weighted by Crippen LogP contribution is -2.37. The average molecular weight is 321 g/mol. The SMILES string of the molecule is Cc1ccc(-c2nnc(C3CCN(S(C)(=O)=O)CC3)o2)cc1. The average Bonchev–Trinajstić information content (AvgIpc) is 2.97. The first-order valence-corrected chi connectivity index (χ1v) is 9.14. The van der Waals surface area contributed by atoms with Gasteiger partial charge in [0.25, 0.3) is 0 Å². The Bertz CT molecular complexity index is 745. The Morgan fingerprint density at radius 3 is 2.36 bits per heavy atom. The Labute approximate surface area is 130 Å². The molecule has 22 heavy (non-hydrogen) atoms. The second-order valence-corrected chi connectivity index (χ2v) is 7.73. The lowest BCUT2D eigenvalue weighted by atomic mass is 9.98. The number of hydrogen-bond donors (Lipinski definition) is 0. The maximum atomic E-state index is 11.5. The zero-order valence-corrected chi connectivity index (χ0v) is 13.5. The highest BCUT2D eigenvalue weighted by molar-refractivity contribution is 7.88. The molecule has 1 saturated heterocycles. The van der Waals surface area contributed by atoms with E-state index in [1.54, 1.807) is 0 Å². The Hall–Kier alpha value is -1.73. The number of rotatable bonds is 3. The molecule has 0 amide bonds. The molecule has 6 nitrogen and oxygen atoms in total. The summed E-state index contributed by atoms with van der Waals surface area (Å²) in [6, 6.07) is 7.92. The standard InChI is InChI=1S/C15H19N3O3S/c1-11-3-5-12(6-4-11)14-16-17-15(21-14)13-7-9-18(10-8-13)22(2,19)20/h3-6,13H,7-10H2,1-2H3. The van der Waals surface area contributed by atoms with E-state index in [2.05, 4.69) is 10.2 Å². The van der Waals surface area contributed by atoms with Gasteiger partial charge in [0.05, 0.1) is 6.26 Å². The molecule has 0 aliphatic carbocycles. The Morgan fingerprint density at radius 2 is 1.77 bits per heavy atom. The number of hydrogen-bond acceptors (Lipinski definition) is 5. The van der Waals surface area contributed by atoms with E-state index in [9.17, 15) is 8.42 Å². The van der Waals surface area contributed by atoms with E-state index in [0.29, 0.717) is 37.7 Å². The summed E-state index contributed by atoms with van der Waals surface area (Å²) in [4.78, 5) is 0. The van der Waals surface area contributed by atoms with Crippen molar-refractivity contribution >= 4 is 10.0 Å². The molecule has 0 atom stereocenters. The second-order valence-electron chi connectivity index (χ2n) is 5.75. The molecule has 2 heterocycles. The van der Waals surface area contributed by atoms with Crippen LogP contribution < -0.4 is 0 Å². The monoisotopic (exact) mass is 321 g/mol. The van der Waals surface area contributed by atoms with Crippen molar-refractivity contribution in [3.8, 4) is 11.5 Å². The van der Waals surface area contributed by atoms with Gasteiger partial charge >= 0.3 is 0 Å². The molecule has 1 aliphatic heterocycles. The molecule has 1 aliphatic rings. The first-order valence-electron chi connectivity index (χ1n) is 7.29. The van der Waals surface area contributed by atoms with Crippen molar-refractivity contribution in [1.29, 1.82) is 0 Å². The topological polar surface area (TPSA) is 76.3 Å². The van der Waals surface area contributed by atoms with E-state index in [1.165, 1.54) is 16.1 Å². The second kappa shape index (κ2) is 5.81. The summed E-state index contributed by atoms with van der Waals surface area (Å²) >= 11 is 0. The van der Waals surface area contributed by atoms with Gasteiger partial charge in [-0.05, 0) is 31.9 Å². The van der Waals surface area contributed by atoms with Crippen LogP contribution in [0.25, 0.3) is 11.5 Å². The summed E-state index contributed by atoms with van der Waals surface area (Å²) in [5.74, 6) is 1.24. The van der Waals surface area contributed by atoms with E-state index in [1.807, 2.05) is 31.2 Å². The van der Waals surface area contributed by atoms with Crippen molar-refractivity contribution in [1.82, 2.24) is 14.5 Å². The highest BCUT2D eigenvalue weighted by Gasteiger charge is 2.28. The number of piperidine rings is 1. The quantitative estimate of drug-likeness (QED) is 0.866. The fourth-order valence-electron chi connectivity index (χ4n) is 2.65. The van der Waals surface area contributed by atoms with Gasteiger partial charge in [-0.1, -0.05) is 17.7 Å². The zero-order valence-electron chi connectivity index (χ0n) is 12.7. The molecule has 7 heteroatoms. The fraction of sp³-hybridized carbons (Fsp3) is 0.467. The van der Waals surface area contributed by atoms with Crippen LogP contribution in [0.1, 0.15) is 30.2 Å². The fourth-order valence-corrected chi connectivity index (χ4v) is 3.52. The molecule has 0 bridgehead atoms. The summed E-state index contributed by atoms with van der Waals surface area (Å²) in [5, 5.41) is 8.25. The lowest BCUT2D eigenvalue weighted by molar-refractivity contribution is 0.293.